The molecule has 2 nitrogen and oxygen atoms in total. The van der Waals surface area contributed by atoms with Crippen LogP contribution in [-0.4, -0.2) is 6.61 Å². The summed E-state index contributed by atoms with van der Waals surface area (Å²) < 4.78 is 6.57. The third-order valence-corrected chi connectivity index (χ3v) is 3.89. The van der Waals surface area contributed by atoms with Crippen LogP contribution in [0.4, 0.5) is 0 Å². The molecule has 0 aliphatic carbocycles. The number of nitriles is 1. The van der Waals surface area contributed by atoms with Gasteiger partial charge in [-0.1, -0.05) is 35.9 Å². The van der Waals surface area contributed by atoms with E-state index in [-0.39, 0.29) is 0 Å². The molecule has 0 heterocycles. The molecule has 2 rings (SSSR count). The van der Waals surface area contributed by atoms with E-state index in [4.69, 9.17) is 4.74 Å². The van der Waals surface area contributed by atoms with Crippen LogP contribution in [0.25, 0.3) is 11.6 Å². The van der Waals surface area contributed by atoms with E-state index in [1.165, 1.54) is 5.56 Å². The SMILES string of the molecule is CCOc1ccc(/C=C(/C#N)c2ccc(C)cc2)cc1I. The van der Waals surface area contributed by atoms with Gasteiger partial charge in [-0.15, -0.1) is 0 Å². The van der Waals surface area contributed by atoms with Crippen LogP contribution in [0.5, 0.6) is 5.75 Å². The fourth-order valence-corrected chi connectivity index (χ4v) is 2.65. The van der Waals surface area contributed by atoms with E-state index in [1.807, 2.05) is 62.4 Å². The summed E-state index contributed by atoms with van der Waals surface area (Å²) >= 11 is 2.25. The molecule has 2 aromatic rings. The second kappa shape index (κ2) is 7.28. The van der Waals surface area contributed by atoms with Gasteiger partial charge in [0.15, 0.2) is 0 Å². The Hall–Kier alpha value is -1.80. The zero-order valence-electron chi connectivity index (χ0n) is 12.1. The number of hydrogen-bond acceptors (Lipinski definition) is 2. The largest absolute Gasteiger partial charge is 0.493 e. The molecule has 0 saturated heterocycles. The van der Waals surface area contributed by atoms with Gasteiger partial charge in [-0.25, -0.2) is 0 Å². The summed E-state index contributed by atoms with van der Waals surface area (Å²) in [5.41, 5.74) is 3.79. The fraction of sp³-hybridized carbons (Fsp3) is 0.167. The summed E-state index contributed by atoms with van der Waals surface area (Å²) in [5, 5.41) is 9.37. The summed E-state index contributed by atoms with van der Waals surface area (Å²) in [6.07, 6.45) is 1.91. The van der Waals surface area contributed by atoms with E-state index >= 15 is 0 Å². The second-order valence-electron chi connectivity index (χ2n) is 4.66. The predicted molar refractivity (Wildman–Crippen MR) is 95.0 cm³/mol. The summed E-state index contributed by atoms with van der Waals surface area (Å²) in [4.78, 5) is 0. The zero-order valence-corrected chi connectivity index (χ0v) is 14.2. The zero-order chi connectivity index (χ0) is 15.2. The number of allylic oxidation sites excluding steroid dienone is 1. The molecule has 2 aromatic carbocycles. The van der Waals surface area contributed by atoms with Gasteiger partial charge >= 0.3 is 0 Å². The predicted octanol–water partition coefficient (Wildman–Crippen LogP) is 5.06. The first-order valence-electron chi connectivity index (χ1n) is 6.75. The lowest BCUT2D eigenvalue weighted by Gasteiger charge is -2.07. The van der Waals surface area contributed by atoms with Crippen LogP contribution in [0, 0.1) is 21.8 Å². The molecule has 0 fully saturated rings. The van der Waals surface area contributed by atoms with Gasteiger partial charge in [-0.3, -0.25) is 0 Å². The van der Waals surface area contributed by atoms with Gasteiger partial charge in [0.1, 0.15) is 5.75 Å². The molecular weight excluding hydrogens is 373 g/mol. The van der Waals surface area contributed by atoms with Crippen molar-refractivity contribution in [3.8, 4) is 11.8 Å². The molecule has 0 unspecified atom stereocenters. The normalized spacial score (nSPS) is 11.0. The lowest BCUT2D eigenvalue weighted by atomic mass is 10.0. The van der Waals surface area contributed by atoms with Crippen molar-refractivity contribution in [1.82, 2.24) is 0 Å². The third-order valence-electron chi connectivity index (χ3n) is 3.05. The topological polar surface area (TPSA) is 33.0 Å². The minimum absolute atomic E-state index is 0.651. The molecule has 0 amide bonds. The summed E-state index contributed by atoms with van der Waals surface area (Å²) in [7, 11) is 0. The molecule has 0 aliphatic heterocycles. The minimum Gasteiger partial charge on any atom is -0.493 e. The van der Waals surface area contributed by atoms with E-state index in [9.17, 15) is 5.26 Å². The number of nitrogens with zero attached hydrogens (tertiary/aromatic N) is 1. The van der Waals surface area contributed by atoms with Crippen molar-refractivity contribution in [2.75, 3.05) is 6.61 Å². The average Bonchev–Trinajstić information content (AvgIpc) is 2.48. The van der Waals surface area contributed by atoms with Gasteiger partial charge in [-0.2, -0.15) is 5.26 Å². The van der Waals surface area contributed by atoms with Gasteiger partial charge in [0, 0.05) is 0 Å². The van der Waals surface area contributed by atoms with E-state index in [1.54, 1.807) is 0 Å². The van der Waals surface area contributed by atoms with Crippen LogP contribution in [0.3, 0.4) is 0 Å². The number of benzene rings is 2. The summed E-state index contributed by atoms with van der Waals surface area (Å²) in [6, 6.07) is 16.2. The molecule has 3 heteroatoms. The van der Waals surface area contributed by atoms with E-state index < -0.39 is 0 Å². The maximum Gasteiger partial charge on any atom is 0.132 e. The first-order chi connectivity index (χ1) is 10.1. The molecular formula is C18H16INO. The van der Waals surface area contributed by atoms with Gasteiger partial charge in [0.25, 0.3) is 0 Å². The quantitative estimate of drug-likeness (QED) is 0.416. The average molecular weight is 389 g/mol. The Kier molecular flexibility index (Phi) is 5.40. The van der Waals surface area contributed by atoms with Crippen LogP contribution >= 0.6 is 22.6 Å². The number of halogens is 1. The first-order valence-corrected chi connectivity index (χ1v) is 7.83. The summed E-state index contributed by atoms with van der Waals surface area (Å²) in [5.74, 6) is 0.879. The second-order valence-corrected chi connectivity index (χ2v) is 5.82. The Morgan fingerprint density at radius 2 is 1.95 bits per heavy atom. The van der Waals surface area contributed by atoms with Crippen molar-refractivity contribution in [1.29, 1.82) is 5.26 Å². The van der Waals surface area contributed by atoms with Crippen molar-refractivity contribution in [3.05, 3.63) is 62.7 Å². The number of aryl methyl sites for hydroxylation is 1. The van der Waals surface area contributed by atoms with Crippen LogP contribution < -0.4 is 4.74 Å². The Morgan fingerprint density at radius 1 is 1.24 bits per heavy atom. The number of ether oxygens (including phenoxy) is 1. The van der Waals surface area contributed by atoms with Crippen molar-refractivity contribution in [2.24, 2.45) is 0 Å². The lowest BCUT2D eigenvalue weighted by molar-refractivity contribution is 0.338. The molecule has 0 saturated carbocycles. The molecule has 0 bridgehead atoms. The highest BCUT2D eigenvalue weighted by molar-refractivity contribution is 14.1. The van der Waals surface area contributed by atoms with Crippen molar-refractivity contribution >= 4 is 34.2 Å². The van der Waals surface area contributed by atoms with E-state index in [0.29, 0.717) is 12.2 Å². The standard InChI is InChI=1S/C18H16INO/c1-3-21-18-9-6-14(11-17(18)19)10-16(12-20)15-7-4-13(2)5-8-15/h4-11H,3H2,1-2H3/b16-10-. The monoisotopic (exact) mass is 389 g/mol. The molecule has 21 heavy (non-hydrogen) atoms. The number of hydrogen-bond donors (Lipinski definition) is 0. The van der Waals surface area contributed by atoms with Crippen molar-refractivity contribution < 1.29 is 4.74 Å². The summed E-state index contributed by atoms with van der Waals surface area (Å²) in [6.45, 7) is 4.65. The van der Waals surface area contributed by atoms with E-state index in [2.05, 4.69) is 28.7 Å². The van der Waals surface area contributed by atoms with Gasteiger partial charge in [0.2, 0.25) is 0 Å². The van der Waals surface area contributed by atoms with Gasteiger partial charge < -0.3 is 4.74 Å². The molecule has 106 valence electrons. The minimum atomic E-state index is 0.651. The van der Waals surface area contributed by atoms with Gasteiger partial charge in [-0.05, 0) is 65.8 Å². The maximum absolute atomic E-state index is 9.37. The highest BCUT2D eigenvalue weighted by atomic mass is 127. The number of rotatable bonds is 4. The smallest absolute Gasteiger partial charge is 0.132 e. The van der Waals surface area contributed by atoms with Crippen LogP contribution in [0.15, 0.2) is 42.5 Å². The van der Waals surface area contributed by atoms with E-state index in [0.717, 1.165) is 20.4 Å². The Labute approximate surface area is 139 Å². The molecule has 0 aliphatic rings. The van der Waals surface area contributed by atoms with Gasteiger partial charge in [0.05, 0.1) is 21.8 Å². The maximum atomic E-state index is 9.37. The first kappa shape index (κ1) is 15.6. The fourth-order valence-electron chi connectivity index (χ4n) is 1.96. The molecule has 0 aromatic heterocycles. The highest BCUT2D eigenvalue weighted by Crippen LogP contribution is 2.25. The molecule has 0 spiro atoms. The van der Waals surface area contributed by atoms with Crippen molar-refractivity contribution in [3.63, 3.8) is 0 Å². The molecule has 0 N–H and O–H groups in total. The molecule has 0 atom stereocenters. The Bertz CT molecular complexity index is 696. The molecule has 0 radical (unpaired) electrons. The lowest BCUT2D eigenvalue weighted by Crippen LogP contribution is -1.94. The van der Waals surface area contributed by atoms with Crippen molar-refractivity contribution in [2.45, 2.75) is 13.8 Å². The van der Waals surface area contributed by atoms with Crippen LogP contribution in [0.2, 0.25) is 0 Å². The third kappa shape index (κ3) is 4.08. The Balaban J connectivity index is 2.34. The highest BCUT2D eigenvalue weighted by Gasteiger charge is 2.04. The Morgan fingerprint density at radius 3 is 2.52 bits per heavy atom. The van der Waals surface area contributed by atoms with Crippen LogP contribution in [-0.2, 0) is 0 Å². The van der Waals surface area contributed by atoms with Crippen LogP contribution in [0.1, 0.15) is 23.6 Å².